The first-order valence-electron chi connectivity index (χ1n) is 11.7. The molecule has 0 aromatic rings. The highest BCUT2D eigenvalue weighted by Gasteiger charge is 2.94. The van der Waals surface area contributed by atoms with Crippen molar-refractivity contribution in [3.05, 3.63) is 12.2 Å². The summed E-state index contributed by atoms with van der Waals surface area (Å²) in [6.45, 7) is 2.11. The fourth-order valence-corrected chi connectivity index (χ4v) is 3.14. The van der Waals surface area contributed by atoms with Crippen LogP contribution in [0.2, 0.25) is 0 Å². The quantitative estimate of drug-likeness (QED) is 0.0668. The van der Waals surface area contributed by atoms with E-state index in [1.165, 1.54) is 0 Å². The van der Waals surface area contributed by atoms with E-state index in [4.69, 9.17) is 5.11 Å². The summed E-state index contributed by atoms with van der Waals surface area (Å²) in [4.78, 5) is 11.1. The number of hydrogen-bond acceptors (Lipinski definition) is 3. The molecular formula is C22H26F16O3. The van der Waals surface area contributed by atoms with Gasteiger partial charge in [-0.25, -0.2) is 4.79 Å². The lowest BCUT2D eigenvalue weighted by molar-refractivity contribution is -0.453. The Morgan fingerprint density at radius 2 is 0.927 bits per heavy atom. The summed E-state index contributed by atoms with van der Waals surface area (Å²) in [6, 6.07) is 0. The zero-order valence-electron chi connectivity index (χ0n) is 21.1. The lowest BCUT2D eigenvalue weighted by Crippen LogP contribution is -2.74. The molecule has 0 atom stereocenters. The van der Waals surface area contributed by atoms with Crippen molar-refractivity contribution in [2.75, 3.05) is 13.2 Å². The van der Waals surface area contributed by atoms with Gasteiger partial charge in [0.2, 0.25) is 0 Å². The van der Waals surface area contributed by atoms with Crippen molar-refractivity contribution < 1.29 is 84.9 Å². The Balaban J connectivity index is 6.14. The van der Waals surface area contributed by atoms with E-state index in [0.29, 0.717) is 12.8 Å². The van der Waals surface area contributed by atoms with Crippen LogP contribution < -0.4 is 0 Å². The molecule has 0 aromatic carbocycles. The Hall–Kier alpha value is -1.95. The highest BCUT2D eigenvalue weighted by atomic mass is 19.4. The summed E-state index contributed by atoms with van der Waals surface area (Å²) < 4.78 is 227. The van der Waals surface area contributed by atoms with Gasteiger partial charge in [0, 0.05) is 12.8 Å². The van der Waals surface area contributed by atoms with Crippen LogP contribution in [0.1, 0.15) is 58.3 Å². The monoisotopic (exact) mass is 642 g/mol. The summed E-state index contributed by atoms with van der Waals surface area (Å²) in [7, 11) is 0. The molecule has 0 saturated carbocycles. The number of ether oxygens (including phenoxy) is 1. The topological polar surface area (TPSA) is 46.5 Å². The van der Waals surface area contributed by atoms with Gasteiger partial charge < -0.3 is 9.84 Å². The first-order valence-corrected chi connectivity index (χ1v) is 11.7. The van der Waals surface area contributed by atoms with Gasteiger partial charge in [0.15, 0.2) is 0 Å². The van der Waals surface area contributed by atoms with Crippen LogP contribution >= 0.6 is 0 Å². The Kier molecular flexibility index (Phi) is 12.5. The van der Waals surface area contributed by atoms with E-state index in [0.717, 1.165) is 0 Å². The molecule has 0 aromatic heterocycles. The number of carbonyl (C=O) groups is 1. The summed E-state index contributed by atoms with van der Waals surface area (Å²) in [5.74, 6) is -62.8. The second-order valence-electron chi connectivity index (χ2n) is 9.02. The molecule has 0 spiro atoms. The van der Waals surface area contributed by atoms with Gasteiger partial charge in [0.1, 0.15) is 0 Å². The van der Waals surface area contributed by atoms with Gasteiger partial charge in [-0.15, -0.1) is 0 Å². The molecule has 244 valence electrons. The number of rotatable bonds is 19. The number of carbonyl (C=O) groups excluding carboxylic acids is 1. The maximum atomic E-state index is 14.0. The third-order valence-corrected chi connectivity index (χ3v) is 5.83. The molecular weight excluding hydrogens is 616 g/mol. The fraction of sp³-hybridized carbons (Fsp3) is 0.864. The third-order valence-electron chi connectivity index (χ3n) is 5.83. The third kappa shape index (κ3) is 7.17. The fourth-order valence-electron chi connectivity index (χ4n) is 3.14. The molecule has 41 heavy (non-hydrogen) atoms. The summed E-state index contributed by atoms with van der Waals surface area (Å²) in [5.41, 5.74) is -0.713. The zero-order chi connectivity index (χ0) is 32.9. The molecule has 0 saturated heterocycles. The number of halogens is 16. The second-order valence-corrected chi connectivity index (χ2v) is 9.02. The molecule has 0 bridgehead atoms. The van der Waals surface area contributed by atoms with Crippen molar-refractivity contribution in [3.63, 3.8) is 0 Å². The van der Waals surface area contributed by atoms with Crippen molar-refractivity contribution in [1.29, 1.82) is 0 Å². The Bertz CT molecular complexity index is 886. The minimum Gasteiger partial charge on any atom is -0.462 e. The number of unbranched alkanes of at least 4 members (excludes halogenated alkanes) is 4. The van der Waals surface area contributed by atoms with Crippen molar-refractivity contribution in [2.24, 2.45) is 0 Å². The number of aliphatic hydroxyl groups excluding tert-OH is 1. The molecule has 0 amide bonds. The summed E-state index contributed by atoms with van der Waals surface area (Å²) in [6.07, 6.45) is -7.10. The van der Waals surface area contributed by atoms with Crippen molar-refractivity contribution >= 4 is 5.97 Å². The van der Waals surface area contributed by atoms with Crippen LogP contribution in [0.5, 0.6) is 0 Å². The van der Waals surface area contributed by atoms with Gasteiger partial charge in [-0.1, -0.05) is 39.2 Å². The highest BCUT2D eigenvalue weighted by molar-refractivity contribution is 5.87. The molecule has 1 N–H and O–H groups in total. The van der Waals surface area contributed by atoms with Crippen molar-refractivity contribution in [2.45, 2.75) is 106 Å². The first kappa shape index (κ1) is 39.0. The minimum atomic E-state index is -8.47. The van der Waals surface area contributed by atoms with E-state index < -0.39 is 97.8 Å². The van der Waals surface area contributed by atoms with E-state index in [9.17, 15) is 75.0 Å². The predicted octanol–water partition coefficient (Wildman–Crippen LogP) is 8.30. The molecule has 19 heteroatoms. The van der Waals surface area contributed by atoms with Gasteiger partial charge in [0.25, 0.3) is 0 Å². The summed E-state index contributed by atoms with van der Waals surface area (Å²) >= 11 is 0. The van der Waals surface area contributed by atoms with Gasteiger partial charge in [-0.05, 0) is 12.8 Å². The normalized spacial score (nSPS) is 14.8. The van der Waals surface area contributed by atoms with Crippen LogP contribution in [-0.4, -0.2) is 71.7 Å². The first-order chi connectivity index (χ1) is 18.2. The molecule has 0 aliphatic heterocycles. The Labute approximate surface area is 222 Å². The molecule has 0 heterocycles. The maximum Gasteiger partial charge on any atom is 0.384 e. The molecule has 0 unspecified atom stereocenters. The lowest BCUT2D eigenvalue weighted by Gasteiger charge is -2.43. The molecule has 0 radical (unpaired) electrons. The van der Waals surface area contributed by atoms with E-state index in [2.05, 4.69) is 11.3 Å². The number of aliphatic hydroxyl groups is 1. The number of hydrogen-bond donors (Lipinski definition) is 1. The van der Waals surface area contributed by atoms with Gasteiger partial charge in [0.05, 0.1) is 18.8 Å². The van der Waals surface area contributed by atoms with Crippen LogP contribution in [0.25, 0.3) is 0 Å². The number of alkyl halides is 16. The molecule has 0 fully saturated rings. The largest absolute Gasteiger partial charge is 0.462 e. The van der Waals surface area contributed by atoms with Crippen LogP contribution in [0.3, 0.4) is 0 Å². The Morgan fingerprint density at radius 1 is 0.585 bits per heavy atom. The predicted molar refractivity (Wildman–Crippen MR) is 109 cm³/mol. The average molecular weight is 642 g/mol. The molecule has 0 aliphatic rings. The molecule has 0 rings (SSSR count). The maximum absolute atomic E-state index is 14.0. The molecule has 0 aliphatic carbocycles. The number of esters is 1. The highest BCUT2D eigenvalue weighted by Crippen LogP contribution is 2.64. The van der Waals surface area contributed by atoms with E-state index in [1.807, 2.05) is 0 Å². The van der Waals surface area contributed by atoms with Crippen LogP contribution in [-0.2, 0) is 9.53 Å². The van der Waals surface area contributed by atoms with Gasteiger partial charge in [-0.2, -0.15) is 70.2 Å². The van der Waals surface area contributed by atoms with Crippen LogP contribution in [0.4, 0.5) is 70.2 Å². The van der Waals surface area contributed by atoms with Gasteiger partial charge >= 0.3 is 53.3 Å². The van der Waals surface area contributed by atoms with E-state index in [-0.39, 0.29) is 12.8 Å². The van der Waals surface area contributed by atoms with Gasteiger partial charge in [-0.3, -0.25) is 0 Å². The van der Waals surface area contributed by atoms with Crippen LogP contribution in [0.15, 0.2) is 12.2 Å². The SMILES string of the molecule is C=C(CO)C(=O)OCCCC(F)(F)C(F)(F)C(F)(F)C(F)(F)C(F)(F)C(F)(F)C(F)(F)C(F)(F)CCCCCCC. The second kappa shape index (κ2) is 13.1. The van der Waals surface area contributed by atoms with Crippen molar-refractivity contribution in [3.8, 4) is 0 Å². The minimum absolute atomic E-state index is 0.0681. The summed E-state index contributed by atoms with van der Waals surface area (Å²) in [5, 5.41) is 8.57. The average Bonchev–Trinajstić information content (AvgIpc) is 2.84. The van der Waals surface area contributed by atoms with Crippen molar-refractivity contribution in [1.82, 2.24) is 0 Å². The standard InChI is InChI=1S/C22H26F16O3/c1-3-4-5-6-7-9-15(23,24)17(27,28)19(31,32)21(35,36)22(37,38)20(33,34)18(29,30)16(25,26)10-8-11-41-14(40)13(2)12-39/h39H,2-12H2,1H3. The lowest BCUT2D eigenvalue weighted by atomic mass is 9.86. The van der Waals surface area contributed by atoms with Crippen LogP contribution in [0, 0.1) is 0 Å². The van der Waals surface area contributed by atoms with E-state index >= 15 is 0 Å². The van der Waals surface area contributed by atoms with E-state index in [1.54, 1.807) is 6.92 Å². The zero-order valence-corrected chi connectivity index (χ0v) is 21.1. The smallest absolute Gasteiger partial charge is 0.384 e. The molecule has 3 nitrogen and oxygen atoms in total. The Morgan fingerprint density at radius 3 is 1.29 bits per heavy atom.